The van der Waals surface area contributed by atoms with Gasteiger partial charge >= 0.3 is 7.82 Å². The first-order chi connectivity index (χ1) is 7.26. The molecule has 1 aliphatic rings. The summed E-state index contributed by atoms with van der Waals surface area (Å²) in [5, 5.41) is 27.6. The first-order valence-electron chi connectivity index (χ1n) is 4.38. The van der Waals surface area contributed by atoms with E-state index in [0.717, 1.165) is 0 Å². The summed E-state index contributed by atoms with van der Waals surface area (Å²) in [5.74, 6) is 0. The highest BCUT2D eigenvalue weighted by Crippen LogP contribution is 2.40. The fraction of sp³-hybridized carbons (Fsp3) is 1.00. The Bertz CT molecular complexity index is 281. The number of nitrogens with two attached hydrogens (primary N) is 1. The van der Waals surface area contributed by atoms with E-state index in [0.29, 0.717) is 0 Å². The Kier molecular flexibility index (Phi) is 6.11. The third-order valence-corrected chi connectivity index (χ3v) is 2.65. The van der Waals surface area contributed by atoms with Crippen LogP contribution < -0.4 is 5.73 Å². The molecule has 5 unspecified atom stereocenters. The van der Waals surface area contributed by atoms with Crippen LogP contribution in [-0.2, 0) is 13.8 Å². The summed E-state index contributed by atoms with van der Waals surface area (Å²) < 4.78 is 19.5. The lowest BCUT2D eigenvalue weighted by Gasteiger charge is -2.40. The normalized spacial score (nSPS) is 38.6. The van der Waals surface area contributed by atoms with Crippen molar-refractivity contribution in [2.75, 3.05) is 6.61 Å². The number of hydrogen-bond donors (Lipinski definition) is 6. The van der Waals surface area contributed by atoms with Crippen molar-refractivity contribution in [3.63, 3.8) is 0 Å². The molecule has 0 radical (unpaired) electrons. The molecule has 0 saturated carbocycles. The maximum absolute atomic E-state index is 10.6. The van der Waals surface area contributed by atoms with Gasteiger partial charge in [-0.2, -0.15) is 0 Å². The van der Waals surface area contributed by atoms with E-state index in [9.17, 15) is 14.8 Å². The molecule has 0 aliphatic carbocycles. The van der Waals surface area contributed by atoms with Crippen LogP contribution in [0.25, 0.3) is 0 Å². The van der Waals surface area contributed by atoms with Crippen molar-refractivity contribution in [3.05, 3.63) is 0 Å². The van der Waals surface area contributed by atoms with Crippen molar-refractivity contribution >= 4 is 7.82 Å². The first-order valence-corrected chi connectivity index (χ1v) is 5.91. The van der Waals surface area contributed by atoms with Crippen LogP contribution >= 0.6 is 7.82 Å². The van der Waals surface area contributed by atoms with E-state index in [-0.39, 0.29) is 5.48 Å². The van der Waals surface area contributed by atoms with E-state index in [1.54, 1.807) is 0 Å². The van der Waals surface area contributed by atoms with Crippen molar-refractivity contribution < 1.29 is 44.4 Å². The van der Waals surface area contributed by atoms with Gasteiger partial charge in [0.15, 0.2) is 6.29 Å². The van der Waals surface area contributed by atoms with Crippen LogP contribution in [0.3, 0.4) is 0 Å². The Labute approximate surface area is 96.1 Å². The highest BCUT2D eigenvalue weighted by Gasteiger charge is 2.45. The van der Waals surface area contributed by atoms with Gasteiger partial charge < -0.3 is 41.1 Å². The number of phosphoric acid groups is 1. The molecule has 1 saturated heterocycles. The van der Waals surface area contributed by atoms with E-state index in [1.807, 2.05) is 0 Å². The van der Waals surface area contributed by atoms with E-state index < -0.39 is 45.1 Å². The number of aliphatic hydroxyl groups is 3. The highest BCUT2D eigenvalue weighted by molar-refractivity contribution is 7.46. The second-order valence-electron chi connectivity index (χ2n) is 3.38. The second kappa shape index (κ2) is 6.16. The van der Waals surface area contributed by atoms with Gasteiger partial charge in [-0.25, -0.2) is 4.57 Å². The highest BCUT2D eigenvalue weighted by atomic mass is 31.2. The zero-order valence-corrected chi connectivity index (χ0v) is 9.47. The lowest BCUT2D eigenvalue weighted by Crippen LogP contribution is -2.62. The van der Waals surface area contributed by atoms with E-state index in [2.05, 4.69) is 4.52 Å². The SMILES string of the molecule is NC1C(OP(=O)(O)O)OC(CO)C(O)C1O.O. The molecule has 11 heteroatoms. The molecule has 1 fully saturated rings. The number of rotatable bonds is 3. The van der Waals surface area contributed by atoms with Crippen LogP contribution in [0.15, 0.2) is 0 Å². The quantitative estimate of drug-likeness (QED) is 0.279. The lowest BCUT2D eigenvalue weighted by atomic mass is 9.98. The first kappa shape index (κ1) is 16.9. The largest absolute Gasteiger partial charge is 0.471 e. The molecule has 0 aromatic carbocycles. The van der Waals surface area contributed by atoms with Gasteiger partial charge in [-0.3, -0.25) is 4.52 Å². The minimum atomic E-state index is -4.83. The summed E-state index contributed by atoms with van der Waals surface area (Å²) >= 11 is 0. The fourth-order valence-electron chi connectivity index (χ4n) is 1.33. The number of aliphatic hydroxyl groups excluding tert-OH is 3. The van der Waals surface area contributed by atoms with Crippen LogP contribution in [0, 0.1) is 0 Å². The van der Waals surface area contributed by atoms with Crippen LogP contribution in [0.2, 0.25) is 0 Å². The van der Waals surface area contributed by atoms with Crippen molar-refractivity contribution in [3.8, 4) is 0 Å². The van der Waals surface area contributed by atoms with E-state index in [4.69, 9.17) is 25.4 Å². The molecule has 0 amide bonds. The lowest BCUT2D eigenvalue weighted by molar-refractivity contribution is -0.242. The molecule has 104 valence electrons. The summed E-state index contributed by atoms with van der Waals surface area (Å²) in [5.41, 5.74) is 5.35. The Morgan fingerprint density at radius 2 is 1.82 bits per heavy atom. The predicted molar refractivity (Wildman–Crippen MR) is 52.5 cm³/mol. The Morgan fingerprint density at radius 3 is 2.24 bits per heavy atom. The van der Waals surface area contributed by atoms with Crippen LogP contribution in [0.4, 0.5) is 0 Å². The molecule has 9 N–H and O–H groups in total. The Hall–Kier alpha value is -0.130. The van der Waals surface area contributed by atoms with Crippen LogP contribution in [0.1, 0.15) is 0 Å². The molecule has 0 spiro atoms. The summed E-state index contributed by atoms with van der Waals surface area (Å²) in [6.45, 7) is -0.647. The average Bonchev–Trinajstić information content (AvgIpc) is 2.17. The van der Waals surface area contributed by atoms with Gasteiger partial charge in [-0.15, -0.1) is 0 Å². The van der Waals surface area contributed by atoms with Crippen molar-refractivity contribution in [2.24, 2.45) is 5.73 Å². The summed E-state index contributed by atoms with van der Waals surface area (Å²) in [6, 6.07) is -1.33. The van der Waals surface area contributed by atoms with E-state index in [1.165, 1.54) is 0 Å². The smallest absolute Gasteiger partial charge is 0.412 e. The summed E-state index contributed by atoms with van der Waals surface area (Å²) in [7, 11) is -4.83. The molecule has 1 heterocycles. The molecule has 1 aliphatic heterocycles. The zero-order chi connectivity index (χ0) is 12.5. The third kappa shape index (κ3) is 4.23. The van der Waals surface area contributed by atoms with Gasteiger partial charge in [-0.05, 0) is 0 Å². The van der Waals surface area contributed by atoms with Gasteiger partial charge in [0.25, 0.3) is 0 Å². The van der Waals surface area contributed by atoms with Crippen LogP contribution in [0.5, 0.6) is 0 Å². The van der Waals surface area contributed by atoms with Crippen molar-refractivity contribution in [1.29, 1.82) is 0 Å². The molecule has 0 bridgehead atoms. The molecule has 17 heavy (non-hydrogen) atoms. The third-order valence-electron chi connectivity index (χ3n) is 2.17. The fourth-order valence-corrected chi connectivity index (χ4v) is 1.79. The standard InChI is InChI=1S/C6H14NO8P.H2O/c7-3-5(10)4(9)2(1-8)14-6(3)15-16(11,12)13;/h2-6,8-10H,1,7H2,(H2,11,12,13);1H2. The summed E-state index contributed by atoms with van der Waals surface area (Å²) in [6.07, 6.45) is -5.78. The molecule has 10 nitrogen and oxygen atoms in total. The van der Waals surface area contributed by atoms with Crippen molar-refractivity contribution in [2.45, 2.75) is 30.6 Å². The van der Waals surface area contributed by atoms with Gasteiger partial charge in [-0.1, -0.05) is 0 Å². The maximum Gasteiger partial charge on any atom is 0.471 e. The molecule has 5 atom stereocenters. The molecular weight excluding hydrogens is 261 g/mol. The molecule has 0 aromatic rings. The minimum Gasteiger partial charge on any atom is -0.412 e. The maximum atomic E-state index is 10.6. The molecule has 0 aromatic heterocycles. The Balaban J connectivity index is 0.00000256. The topological polar surface area (TPSA) is 194 Å². The monoisotopic (exact) mass is 277 g/mol. The van der Waals surface area contributed by atoms with Gasteiger partial charge in [0.05, 0.1) is 12.6 Å². The number of hydrogen-bond acceptors (Lipinski definition) is 7. The van der Waals surface area contributed by atoms with Gasteiger partial charge in [0.2, 0.25) is 0 Å². The molecular formula is C6H16NO9P. The number of phosphoric ester groups is 1. The van der Waals surface area contributed by atoms with Gasteiger partial charge in [0, 0.05) is 0 Å². The van der Waals surface area contributed by atoms with Crippen molar-refractivity contribution in [1.82, 2.24) is 0 Å². The number of ether oxygens (including phenoxy) is 1. The average molecular weight is 277 g/mol. The Morgan fingerprint density at radius 1 is 1.29 bits per heavy atom. The minimum absolute atomic E-state index is 0. The molecule has 1 rings (SSSR count). The summed E-state index contributed by atoms with van der Waals surface area (Å²) in [4.78, 5) is 17.1. The van der Waals surface area contributed by atoms with Crippen LogP contribution in [-0.4, -0.2) is 67.8 Å². The van der Waals surface area contributed by atoms with E-state index >= 15 is 0 Å². The second-order valence-corrected chi connectivity index (χ2v) is 4.57. The predicted octanol–water partition coefficient (Wildman–Crippen LogP) is -3.96. The van der Waals surface area contributed by atoms with Gasteiger partial charge in [0.1, 0.15) is 18.3 Å². The zero-order valence-electron chi connectivity index (χ0n) is 8.58.